The highest BCUT2D eigenvalue weighted by Crippen LogP contribution is 2.31. The molecule has 1 saturated heterocycles. The minimum atomic E-state index is -0.376. The first-order valence-electron chi connectivity index (χ1n) is 6.52. The molecule has 20 heavy (non-hydrogen) atoms. The molecule has 0 unspecified atom stereocenters. The smallest absolute Gasteiger partial charge is 0.338 e. The summed E-state index contributed by atoms with van der Waals surface area (Å²) in [5, 5.41) is 1.14. The van der Waals surface area contributed by atoms with Crippen LogP contribution in [0.4, 0.5) is 0 Å². The molecular weight excluding hydrogens is 280 g/mol. The fourth-order valence-corrected chi connectivity index (χ4v) is 2.82. The van der Waals surface area contributed by atoms with Gasteiger partial charge in [-0.3, -0.25) is 0 Å². The van der Waals surface area contributed by atoms with Crippen LogP contribution in [0.3, 0.4) is 0 Å². The van der Waals surface area contributed by atoms with Gasteiger partial charge < -0.3 is 14.0 Å². The molecule has 0 bridgehead atoms. The Morgan fingerprint density at radius 3 is 2.90 bits per heavy atom. The van der Waals surface area contributed by atoms with Gasteiger partial charge in [0.05, 0.1) is 31.9 Å². The largest absolute Gasteiger partial charge is 0.465 e. The average Bonchev–Trinajstić information content (AvgIpc) is 2.78. The van der Waals surface area contributed by atoms with Crippen LogP contribution in [0.1, 0.15) is 28.9 Å². The first kappa shape index (κ1) is 13.4. The molecule has 0 saturated carbocycles. The summed E-state index contributed by atoms with van der Waals surface area (Å²) in [6.07, 6.45) is 2.55. The first-order valence-corrected chi connectivity index (χ1v) is 6.90. The van der Waals surface area contributed by atoms with E-state index in [0.717, 1.165) is 10.9 Å². The highest BCUT2D eigenvalue weighted by Gasteiger charge is 2.26. The van der Waals surface area contributed by atoms with Gasteiger partial charge >= 0.3 is 5.97 Å². The van der Waals surface area contributed by atoms with Crippen molar-refractivity contribution in [1.29, 1.82) is 0 Å². The number of ether oxygens (including phenoxy) is 2. The summed E-state index contributed by atoms with van der Waals surface area (Å²) in [5.41, 5.74) is 1.96. The Morgan fingerprint density at radius 1 is 1.60 bits per heavy atom. The standard InChI is InChI=1S/C14H15ClN2O3/c1-3-9-11(14(18)19-2)10-4-5-17(8-6-20-7-8)13(10)16-12(9)15/h4-5,8H,3,6-7H2,1-2H3. The molecule has 106 valence electrons. The van der Waals surface area contributed by atoms with Crippen molar-refractivity contribution in [2.24, 2.45) is 0 Å². The Kier molecular flexibility index (Phi) is 3.40. The van der Waals surface area contributed by atoms with Gasteiger partial charge in [0.1, 0.15) is 10.8 Å². The quantitative estimate of drug-likeness (QED) is 0.645. The van der Waals surface area contributed by atoms with E-state index in [1.807, 2.05) is 23.8 Å². The van der Waals surface area contributed by atoms with Crippen LogP contribution in [0.2, 0.25) is 5.15 Å². The van der Waals surface area contributed by atoms with Gasteiger partial charge in [0, 0.05) is 17.1 Å². The lowest BCUT2D eigenvalue weighted by atomic mass is 10.0. The molecule has 0 radical (unpaired) electrons. The van der Waals surface area contributed by atoms with Gasteiger partial charge in [-0.25, -0.2) is 9.78 Å². The second kappa shape index (κ2) is 5.07. The van der Waals surface area contributed by atoms with E-state index < -0.39 is 0 Å². The van der Waals surface area contributed by atoms with E-state index in [1.54, 1.807) is 0 Å². The molecule has 3 rings (SSSR count). The van der Waals surface area contributed by atoms with E-state index in [0.29, 0.717) is 36.0 Å². The van der Waals surface area contributed by atoms with E-state index in [2.05, 4.69) is 4.98 Å². The van der Waals surface area contributed by atoms with Gasteiger partial charge in [-0.1, -0.05) is 18.5 Å². The number of pyridine rings is 1. The Hall–Kier alpha value is -1.59. The number of carbonyl (C=O) groups is 1. The lowest BCUT2D eigenvalue weighted by molar-refractivity contribution is -0.0216. The fourth-order valence-electron chi connectivity index (χ4n) is 2.51. The van der Waals surface area contributed by atoms with Crippen molar-refractivity contribution >= 4 is 28.6 Å². The highest BCUT2D eigenvalue weighted by atomic mass is 35.5. The molecular formula is C14H15ClN2O3. The number of nitrogens with zero attached hydrogens (tertiary/aromatic N) is 2. The van der Waals surface area contributed by atoms with Crippen molar-refractivity contribution in [3.63, 3.8) is 0 Å². The molecule has 0 atom stereocenters. The molecule has 5 nitrogen and oxygen atoms in total. The zero-order valence-electron chi connectivity index (χ0n) is 11.4. The van der Waals surface area contributed by atoms with Crippen molar-refractivity contribution in [2.45, 2.75) is 19.4 Å². The number of rotatable bonds is 3. The summed E-state index contributed by atoms with van der Waals surface area (Å²) in [7, 11) is 1.37. The molecule has 0 amide bonds. The third kappa shape index (κ3) is 1.89. The van der Waals surface area contributed by atoms with Gasteiger partial charge in [-0.2, -0.15) is 0 Å². The van der Waals surface area contributed by atoms with Crippen LogP contribution in [0.5, 0.6) is 0 Å². The average molecular weight is 295 g/mol. The van der Waals surface area contributed by atoms with Crippen molar-refractivity contribution in [3.8, 4) is 0 Å². The van der Waals surface area contributed by atoms with Crippen molar-refractivity contribution in [2.75, 3.05) is 20.3 Å². The predicted molar refractivity (Wildman–Crippen MR) is 75.3 cm³/mol. The predicted octanol–water partition coefficient (Wildman–Crippen LogP) is 2.61. The molecule has 3 heterocycles. The number of aromatic nitrogens is 2. The lowest BCUT2D eigenvalue weighted by Gasteiger charge is -2.28. The van der Waals surface area contributed by atoms with E-state index >= 15 is 0 Å². The monoisotopic (exact) mass is 294 g/mol. The number of fused-ring (bicyclic) bond motifs is 1. The number of hydrogen-bond donors (Lipinski definition) is 0. The molecule has 0 spiro atoms. The van der Waals surface area contributed by atoms with Crippen molar-refractivity contribution in [3.05, 3.63) is 28.5 Å². The summed E-state index contributed by atoms with van der Waals surface area (Å²) in [4.78, 5) is 16.5. The van der Waals surface area contributed by atoms with E-state index in [9.17, 15) is 4.79 Å². The molecule has 1 fully saturated rings. The third-order valence-electron chi connectivity index (χ3n) is 3.67. The molecule has 0 aliphatic carbocycles. The highest BCUT2D eigenvalue weighted by molar-refractivity contribution is 6.31. The minimum Gasteiger partial charge on any atom is -0.465 e. The van der Waals surface area contributed by atoms with Crippen LogP contribution in [0, 0.1) is 0 Å². The Morgan fingerprint density at radius 2 is 2.35 bits per heavy atom. The maximum Gasteiger partial charge on any atom is 0.338 e. The summed E-state index contributed by atoms with van der Waals surface area (Å²) in [5.74, 6) is -0.376. The second-order valence-electron chi connectivity index (χ2n) is 4.75. The number of hydrogen-bond acceptors (Lipinski definition) is 4. The molecule has 2 aromatic heterocycles. The van der Waals surface area contributed by atoms with Crippen LogP contribution >= 0.6 is 11.6 Å². The van der Waals surface area contributed by atoms with Gasteiger partial charge in [-0.05, 0) is 12.5 Å². The SMILES string of the molecule is CCc1c(Cl)nc2c(ccn2C2COC2)c1C(=O)OC. The van der Waals surface area contributed by atoms with E-state index in [1.165, 1.54) is 7.11 Å². The van der Waals surface area contributed by atoms with E-state index in [4.69, 9.17) is 21.1 Å². The van der Waals surface area contributed by atoms with Gasteiger partial charge in [-0.15, -0.1) is 0 Å². The summed E-state index contributed by atoms with van der Waals surface area (Å²) >= 11 is 6.24. The molecule has 2 aromatic rings. The third-order valence-corrected chi connectivity index (χ3v) is 3.98. The van der Waals surface area contributed by atoms with Gasteiger partial charge in [0.25, 0.3) is 0 Å². The molecule has 6 heteroatoms. The minimum absolute atomic E-state index is 0.258. The van der Waals surface area contributed by atoms with Crippen molar-refractivity contribution < 1.29 is 14.3 Å². The van der Waals surface area contributed by atoms with Gasteiger partial charge in [0.2, 0.25) is 0 Å². The zero-order valence-corrected chi connectivity index (χ0v) is 12.1. The summed E-state index contributed by atoms with van der Waals surface area (Å²) in [6.45, 7) is 3.26. The summed E-state index contributed by atoms with van der Waals surface area (Å²) in [6, 6.07) is 2.15. The van der Waals surface area contributed by atoms with Crippen LogP contribution in [-0.4, -0.2) is 35.8 Å². The molecule has 0 aromatic carbocycles. The van der Waals surface area contributed by atoms with Crippen LogP contribution in [0.15, 0.2) is 12.3 Å². The van der Waals surface area contributed by atoms with E-state index in [-0.39, 0.29) is 12.0 Å². The number of methoxy groups -OCH3 is 1. The van der Waals surface area contributed by atoms with Gasteiger partial charge in [0.15, 0.2) is 0 Å². The topological polar surface area (TPSA) is 53.4 Å². The number of esters is 1. The number of halogens is 1. The van der Waals surface area contributed by atoms with Crippen LogP contribution in [0.25, 0.3) is 11.0 Å². The molecule has 1 aliphatic rings. The first-order chi connectivity index (χ1) is 9.67. The second-order valence-corrected chi connectivity index (χ2v) is 5.11. The normalized spacial score (nSPS) is 15.3. The number of carbonyl (C=O) groups excluding carboxylic acids is 1. The lowest BCUT2D eigenvalue weighted by Crippen LogP contribution is -2.30. The van der Waals surface area contributed by atoms with Crippen LogP contribution < -0.4 is 0 Å². The van der Waals surface area contributed by atoms with Crippen molar-refractivity contribution in [1.82, 2.24) is 9.55 Å². The fraction of sp³-hybridized carbons (Fsp3) is 0.429. The summed E-state index contributed by atoms with van der Waals surface area (Å²) < 4.78 is 12.1. The maximum absolute atomic E-state index is 12.1. The van der Waals surface area contributed by atoms with Crippen LogP contribution in [-0.2, 0) is 15.9 Å². The molecule has 0 N–H and O–H groups in total. The Labute approximate surface area is 121 Å². The molecule has 1 aliphatic heterocycles. The Bertz CT molecular complexity index is 677. The zero-order chi connectivity index (χ0) is 14.3. The maximum atomic E-state index is 12.1. The Balaban J connectivity index is 2.27.